The lowest BCUT2D eigenvalue weighted by Crippen LogP contribution is -2.42. The lowest BCUT2D eigenvalue weighted by molar-refractivity contribution is 0.118. The molecule has 5 heteroatoms. The van der Waals surface area contributed by atoms with Crippen molar-refractivity contribution >= 4 is 8.80 Å². The molecule has 0 aliphatic heterocycles. The van der Waals surface area contributed by atoms with E-state index in [-0.39, 0.29) is 0 Å². The van der Waals surface area contributed by atoms with E-state index in [9.17, 15) is 0 Å². The van der Waals surface area contributed by atoms with Crippen LogP contribution < -0.4 is 0 Å². The van der Waals surface area contributed by atoms with Crippen LogP contribution in [0.25, 0.3) is 0 Å². The normalized spacial score (nSPS) is 13.0. The zero-order chi connectivity index (χ0) is 11.7. The molecule has 0 aromatic rings. The molecule has 0 saturated heterocycles. The monoisotopic (exact) mass is 234 g/mol. The molecule has 0 aromatic heterocycles. The standard InChI is InChI=1S/C10H22O4Si/c1-6-10(2)14-8-7-9-15(11-3,12-4)13-5/h6H,7-9H2,1-5H3. The molecule has 0 atom stereocenters. The zero-order valence-electron chi connectivity index (χ0n) is 10.3. The average Bonchev–Trinajstić information content (AvgIpc) is 2.30. The molecular weight excluding hydrogens is 212 g/mol. The first-order chi connectivity index (χ1) is 7.14. The molecule has 0 amide bonds. The van der Waals surface area contributed by atoms with Gasteiger partial charge in [-0.1, -0.05) is 6.08 Å². The molecule has 0 aliphatic rings. The average molecular weight is 234 g/mol. The van der Waals surface area contributed by atoms with Gasteiger partial charge in [-0.3, -0.25) is 0 Å². The van der Waals surface area contributed by atoms with Gasteiger partial charge in [0.2, 0.25) is 0 Å². The van der Waals surface area contributed by atoms with E-state index in [0.29, 0.717) is 6.61 Å². The van der Waals surface area contributed by atoms with E-state index in [2.05, 4.69) is 0 Å². The maximum Gasteiger partial charge on any atom is 0.500 e. The maximum absolute atomic E-state index is 5.44. The van der Waals surface area contributed by atoms with Crippen LogP contribution in [0, 0.1) is 0 Å². The van der Waals surface area contributed by atoms with Gasteiger partial charge in [0.05, 0.1) is 12.4 Å². The lowest BCUT2D eigenvalue weighted by atomic mass is 10.5. The van der Waals surface area contributed by atoms with Gasteiger partial charge in [-0.05, 0) is 20.3 Å². The van der Waals surface area contributed by atoms with Crippen molar-refractivity contribution in [1.29, 1.82) is 0 Å². The van der Waals surface area contributed by atoms with E-state index in [1.165, 1.54) is 0 Å². The highest BCUT2D eigenvalue weighted by atomic mass is 28.4. The summed E-state index contributed by atoms with van der Waals surface area (Å²) in [5, 5.41) is 0. The van der Waals surface area contributed by atoms with Gasteiger partial charge in [-0.2, -0.15) is 0 Å². The first-order valence-corrected chi connectivity index (χ1v) is 6.98. The third-order valence-corrected chi connectivity index (χ3v) is 5.13. The van der Waals surface area contributed by atoms with Gasteiger partial charge < -0.3 is 18.0 Å². The molecular formula is C10H22O4Si. The minimum absolute atomic E-state index is 0.668. The van der Waals surface area contributed by atoms with Gasteiger partial charge in [0.15, 0.2) is 0 Å². The minimum atomic E-state index is -2.40. The fourth-order valence-electron chi connectivity index (χ4n) is 1.16. The van der Waals surface area contributed by atoms with Gasteiger partial charge in [-0.25, -0.2) is 0 Å². The second-order valence-electron chi connectivity index (χ2n) is 3.15. The summed E-state index contributed by atoms with van der Waals surface area (Å²) >= 11 is 0. The summed E-state index contributed by atoms with van der Waals surface area (Å²) in [6, 6.07) is 0.771. The van der Waals surface area contributed by atoms with E-state index in [4.69, 9.17) is 18.0 Å². The van der Waals surface area contributed by atoms with Crippen LogP contribution >= 0.6 is 0 Å². The van der Waals surface area contributed by atoms with Crippen LogP contribution in [0.2, 0.25) is 6.04 Å². The molecule has 0 heterocycles. The van der Waals surface area contributed by atoms with E-state index in [1.807, 2.05) is 19.9 Å². The Labute approximate surface area is 93.5 Å². The summed E-state index contributed by atoms with van der Waals surface area (Å²) in [6.07, 6.45) is 2.81. The number of rotatable bonds is 8. The largest absolute Gasteiger partial charge is 0.500 e. The molecule has 0 aromatic carbocycles. The van der Waals surface area contributed by atoms with Crippen LogP contribution in [0.15, 0.2) is 11.8 Å². The summed E-state index contributed by atoms with van der Waals surface area (Å²) in [4.78, 5) is 0. The Morgan fingerprint density at radius 2 is 1.67 bits per heavy atom. The van der Waals surface area contributed by atoms with Crippen LogP contribution in [0.1, 0.15) is 20.3 Å². The highest BCUT2D eigenvalue weighted by Crippen LogP contribution is 2.15. The van der Waals surface area contributed by atoms with Crippen molar-refractivity contribution in [2.24, 2.45) is 0 Å². The van der Waals surface area contributed by atoms with Crippen molar-refractivity contribution in [3.8, 4) is 0 Å². The van der Waals surface area contributed by atoms with E-state index in [1.54, 1.807) is 21.3 Å². The second-order valence-corrected chi connectivity index (χ2v) is 6.24. The maximum atomic E-state index is 5.44. The van der Waals surface area contributed by atoms with Gasteiger partial charge in [0.1, 0.15) is 0 Å². The minimum Gasteiger partial charge on any atom is -0.499 e. The van der Waals surface area contributed by atoms with Crippen LogP contribution in [0.5, 0.6) is 0 Å². The van der Waals surface area contributed by atoms with Crippen molar-refractivity contribution < 1.29 is 18.0 Å². The molecule has 0 unspecified atom stereocenters. The Morgan fingerprint density at radius 1 is 1.13 bits per heavy atom. The molecule has 0 saturated carbocycles. The Kier molecular flexibility index (Phi) is 7.68. The molecule has 0 radical (unpaired) electrons. The van der Waals surface area contributed by atoms with Crippen molar-refractivity contribution in [2.75, 3.05) is 27.9 Å². The molecule has 0 rings (SSSR count). The number of allylic oxidation sites excluding steroid dienone is 2. The number of hydrogen-bond donors (Lipinski definition) is 0. The van der Waals surface area contributed by atoms with Crippen LogP contribution in [-0.2, 0) is 18.0 Å². The molecule has 0 spiro atoms. The van der Waals surface area contributed by atoms with E-state index < -0.39 is 8.80 Å². The molecule has 0 N–H and O–H groups in total. The first-order valence-electron chi connectivity index (χ1n) is 5.05. The van der Waals surface area contributed by atoms with Crippen LogP contribution in [-0.4, -0.2) is 36.7 Å². The summed E-state index contributed by atoms with van der Waals surface area (Å²) in [5.41, 5.74) is 0. The SMILES string of the molecule is CC=C(C)OCCC[Si](OC)(OC)OC. The quantitative estimate of drug-likeness (QED) is 0.366. The summed E-state index contributed by atoms with van der Waals surface area (Å²) in [5.74, 6) is 0.939. The number of ether oxygens (including phenoxy) is 1. The molecule has 15 heavy (non-hydrogen) atoms. The van der Waals surface area contributed by atoms with Crippen molar-refractivity contribution in [2.45, 2.75) is 26.3 Å². The predicted molar refractivity (Wildman–Crippen MR) is 61.6 cm³/mol. The van der Waals surface area contributed by atoms with E-state index in [0.717, 1.165) is 18.2 Å². The van der Waals surface area contributed by atoms with Gasteiger partial charge in [0, 0.05) is 27.4 Å². The smallest absolute Gasteiger partial charge is 0.499 e. The fourth-order valence-corrected chi connectivity index (χ4v) is 2.85. The molecule has 4 nitrogen and oxygen atoms in total. The second kappa shape index (κ2) is 7.87. The lowest BCUT2D eigenvalue weighted by Gasteiger charge is -2.24. The molecule has 0 bridgehead atoms. The Bertz CT molecular complexity index is 182. The first kappa shape index (κ1) is 14.6. The van der Waals surface area contributed by atoms with Gasteiger partial charge in [0.25, 0.3) is 0 Å². The Morgan fingerprint density at radius 3 is 2.07 bits per heavy atom. The third kappa shape index (κ3) is 5.32. The summed E-state index contributed by atoms with van der Waals surface area (Å²) in [6.45, 7) is 4.56. The third-order valence-electron chi connectivity index (χ3n) is 2.30. The van der Waals surface area contributed by atoms with Crippen LogP contribution in [0.3, 0.4) is 0 Å². The summed E-state index contributed by atoms with van der Waals surface area (Å²) < 4.78 is 21.3. The molecule has 0 fully saturated rings. The van der Waals surface area contributed by atoms with Crippen LogP contribution in [0.4, 0.5) is 0 Å². The van der Waals surface area contributed by atoms with Crippen molar-refractivity contribution in [3.05, 3.63) is 11.8 Å². The highest BCUT2D eigenvalue weighted by Gasteiger charge is 2.36. The number of hydrogen-bond acceptors (Lipinski definition) is 4. The van der Waals surface area contributed by atoms with E-state index >= 15 is 0 Å². The molecule has 0 aliphatic carbocycles. The predicted octanol–water partition coefficient (Wildman–Crippen LogP) is 2.19. The summed E-state index contributed by atoms with van der Waals surface area (Å²) in [7, 11) is 2.47. The van der Waals surface area contributed by atoms with Gasteiger partial charge >= 0.3 is 8.80 Å². The van der Waals surface area contributed by atoms with Gasteiger partial charge in [-0.15, -0.1) is 0 Å². The zero-order valence-corrected chi connectivity index (χ0v) is 11.3. The molecule has 90 valence electrons. The fraction of sp³-hybridized carbons (Fsp3) is 0.800. The van der Waals surface area contributed by atoms with Crippen molar-refractivity contribution in [3.63, 3.8) is 0 Å². The Balaban J connectivity index is 3.81. The topological polar surface area (TPSA) is 36.9 Å². The Hall–Kier alpha value is -0.363. The highest BCUT2D eigenvalue weighted by molar-refractivity contribution is 6.60. The van der Waals surface area contributed by atoms with Crippen molar-refractivity contribution in [1.82, 2.24) is 0 Å².